The van der Waals surface area contributed by atoms with Crippen LogP contribution >= 0.6 is 0 Å². The van der Waals surface area contributed by atoms with Gasteiger partial charge in [-0.1, -0.05) is 36.4 Å². The maximum Gasteiger partial charge on any atom is 0.152 e. The van der Waals surface area contributed by atoms with E-state index in [4.69, 9.17) is 0 Å². The Morgan fingerprint density at radius 1 is 1.06 bits per heavy atom. The fourth-order valence-corrected chi connectivity index (χ4v) is 2.88. The van der Waals surface area contributed by atoms with Gasteiger partial charge in [-0.3, -0.25) is 9.88 Å². The number of aromatic nitrogens is 1. The third kappa shape index (κ3) is 1.13. The van der Waals surface area contributed by atoms with Crippen LogP contribution in [0.1, 0.15) is 11.3 Å². The van der Waals surface area contributed by atoms with Gasteiger partial charge in [0.25, 0.3) is 0 Å². The van der Waals surface area contributed by atoms with Crippen molar-refractivity contribution in [3.8, 4) is 0 Å². The Hall–Kier alpha value is -1.71. The van der Waals surface area contributed by atoms with E-state index in [2.05, 4.69) is 9.88 Å². The normalized spacial score (nSPS) is 31.3. The topological polar surface area (TPSA) is 36.1 Å². The first-order valence-electron chi connectivity index (χ1n) is 6.22. The van der Waals surface area contributed by atoms with E-state index in [0.29, 0.717) is 0 Å². The molecule has 0 radical (unpaired) electrons. The number of fused-ring (bicyclic) bond motifs is 1. The lowest BCUT2D eigenvalue weighted by atomic mass is 9.80. The molecule has 4 rings (SSSR count). The van der Waals surface area contributed by atoms with E-state index in [1.165, 1.54) is 0 Å². The van der Waals surface area contributed by atoms with Gasteiger partial charge in [-0.2, -0.15) is 0 Å². The Labute approximate surface area is 106 Å². The van der Waals surface area contributed by atoms with Gasteiger partial charge in [-0.15, -0.1) is 0 Å². The summed E-state index contributed by atoms with van der Waals surface area (Å²) >= 11 is 0. The summed E-state index contributed by atoms with van der Waals surface area (Å²) in [6.07, 6.45) is 1.75. The van der Waals surface area contributed by atoms with E-state index in [1.807, 2.05) is 48.5 Å². The Kier molecular flexibility index (Phi) is 1.81. The van der Waals surface area contributed by atoms with Crippen molar-refractivity contribution in [1.82, 2.24) is 9.88 Å². The lowest BCUT2D eigenvalue weighted by molar-refractivity contribution is 0.0584. The van der Waals surface area contributed by atoms with Crippen molar-refractivity contribution in [3.05, 3.63) is 66.0 Å². The number of aliphatic hydroxyl groups is 1. The minimum atomic E-state index is -0.977. The quantitative estimate of drug-likeness (QED) is 0.821. The molecule has 2 aliphatic heterocycles. The smallest absolute Gasteiger partial charge is 0.152 e. The predicted octanol–water partition coefficient (Wildman–Crippen LogP) is 1.39. The maximum absolute atomic E-state index is 11.3. The van der Waals surface area contributed by atoms with Crippen molar-refractivity contribution in [3.63, 3.8) is 0 Å². The van der Waals surface area contributed by atoms with Gasteiger partial charge in [0, 0.05) is 19.3 Å². The van der Waals surface area contributed by atoms with Gasteiger partial charge >= 0.3 is 0 Å². The fourth-order valence-electron chi connectivity index (χ4n) is 2.88. The van der Waals surface area contributed by atoms with Crippen LogP contribution < -0.4 is 0 Å². The van der Waals surface area contributed by atoms with Crippen LogP contribution in [0.4, 0.5) is 0 Å². The predicted molar refractivity (Wildman–Crippen MR) is 68.0 cm³/mol. The highest BCUT2D eigenvalue weighted by Crippen LogP contribution is 2.61. The number of pyridine rings is 1. The van der Waals surface area contributed by atoms with Crippen LogP contribution in [0.2, 0.25) is 0 Å². The summed E-state index contributed by atoms with van der Waals surface area (Å²) in [6.45, 7) is 1.93. The van der Waals surface area contributed by atoms with Gasteiger partial charge in [0.15, 0.2) is 5.60 Å². The van der Waals surface area contributed by atoms with E-state index in [-0.39, 0.29) is 5.54 Å². The minimum Gasteiger partial charge on any atom is -0.377 e. The highest BCUT2D eigenvalue weighted by molar-refractivity contribution is 5.47. The molecule has 90 valence electrons. The number of hydrogen-bond acceptors (Lipinski definition) is 3. The molecule has 2 aliphatic rings. The summed E-state index contributed by atoms with van der Waals surface area (Å²) < 4.78 is 0. The molecule has 3 heterocycles. The second kappa shape index (κ2) is 3.19. The zero-order chi connectivity index (χ0) is 12.2. The molecule has 1 unspecified atom stereocenters. The van der Waals surface area contributed by atoms with E-state index in [1.54, 1.807) is 6.20 Å². The molecule has 2 aromatic rings. The minimum absolute atomic E-state index is 0.0945. The Balaban J connectivity index is 1.90. The second-order valence-corrected chi connectivity index (χ2v) is 5.18. The molecule has 1 N–H and O–H groups in total. The summed E-state index contributed by atoms with van der Waals surface area (Å²) in [4.78, 5) is 6.66. The van der Waals surface area contributed by atoms with Gasteiger partial charge in [0.05, 0.1) is 11.2 Å². The SMILES string of the molecule is OC(c1ccccc1)(c1ccccn1)C12CN1C2. The first kappa shape index (κ1) is 10.2. The van der Waals surface area contributed by atoms with Crippen LogP contribution in [0, 0.1) is 0 Å². The van der Waals surface area contributed by atoms with E-state index >= 15 is 0 Å². The molecule has 0 aliphatic carbocycles. The van der Waals surface area contributed by atoms with Crippen LogP contribution in [-0.2, 0) is 5.60 Å². The van der Waals surface area contributed by atoms with Crippen LogP contribution in [-0.4, -0.2) is 33.6 Å². The monoisotopic (exact) mass is 238 g/mol. The zero-order valence-corrected chi connectivity index (χ0v) is 9.95. The van der Waals surface area contributed by atoms with Crippen LogP contribution in [0.15, 0.2) is 54.7 Å². The average Bonchev–Trinajstić information content (AvgIpc) is 3.29. The van der Waals surface area contributed by atoms with Gasteiger partial charge < -0.3 is 5.11 Å². The maximum atomic E-state index is 11.3. The molecule has 1 aromatic carbocycles. The molecule has 2 saturated heterocycles. The number of hydrogen-bond donors (Lipinski definition) is 1. The third-order valence-electron chi connectivity index (χ3n) is 4.20. The molecule has 0 bridgehead atoms. The second-order valence-electron chi connectivity index (χ2n) is 5.18. The van der Waals surface area contributed by atoms with Crippen molar-refractivity contribution in [1.29, 1.82) is 0 Å². The molecule has 2 fully saturated rings. The average molecular weight is 238 g/mol. The first-order valence-corrected chi connectivity index (χ1v) is 6.22. The number of rotatable bonds is 3. The standard InChI is InChI=1S/C15H14N2O/c18-15(14-10-17(14)11-14,12-6-2-1-3-7-12)13-8-4-5-9-16-13/h1-9,18H,10-11H2. The molecule has 0 spiro atoms. The largest absolute Gasteiger partial charge is 0.377 e. The van der Waals surface area contributed by atoms with Gasteiger partial charge in [0.1, 0.15) is 0 Å². The molecule has 3 heteroatoms. The van der Waals surface area contributed by atoms with Crippen LogP contribution in [0.25, 0.3) is 0 Å². The fraction of sp³-hybridized carbons (Fsp3) is 0.267. The lowest BCUT2D eigenvalue weighted by Gasteiger charge is -2.29. The molecule has 18 heavy (non-hydrogen) atoms. The van der Waals surface area contributed by atoms with Crippen molar-refractivity contribution < 1.29 is 5.11 Å². The van der Waals surface area contributed by atoms with Gasteiger partial charge in [-0.25, -0.2) is 0 Å². The Morgan fingerprint density at radius 3 is 2.28 bits per heavy atom. The summed E-state index contributed by atoms with van der Waals surface area (Å²) in [5.41, 5.74) is 0.609. The Bertz CT molecular complexity index is 536. The van der Waals surface area contributed by atoms with E-state index in [0.717, 1.165) is 24.3 Å². The van der Waals surface area contributed by atoms with Gasteiger partial charge in [0.2, 0.25) is 0 Å². The van der Waals surface area contributed by atoms with E-state index < -0.39 is 5.60 Å². The molecule has 0 saturated carbocycles. The molecule has 1 aromatic heterocycles. The molecular formula is C15H14N2O. The third-order valence-corrected chi connectivity index (χ3v) is 4.20. The van der Waals surface area contributed by atoms with Crippen molar-refractivity contribution >= 4 is 0 Å². The highest BCUT2D eigenvalue weighted by Gasteiger charge is 2.79. The van der Waals surface area contributed by atoms with Crippen LogP contribution in [0.5, 0.6) is 0 Å². The van der Waals surface area contributed by atoms with Crippen molar-refractivity contribution in [2.75, 3.05) is 13.1 Å². The van der Waals surface area contributed by atoms with Crippen molar-refractivity contribution in [2.24, 2.45) is 0 Å². The lowest BCUT2D eigenvalue weighted by Crippen LogP contribution is -2.40. The zero-order valence-electron chi connectivity index (χ0n) is 9.95. The number of nitrogens with zero attached hydrogens (tertiary/aromatic N) is 2. The Morgan fingerprint density at radius 2 is 1.72 bits per heavy atom. The molecule has 0 amide bonds. The van der Waals surface area contributed by atoms with E-state index in [9.17, 15) is 5.11 Å². The number of benzene rings is 1. The van der Waals surface area contributed by atoms with Gasteiger partial charge in [-0.05, 0) is 17.7 Å². The summed E-state index contributed by atoms with van der Waals surface area (Å²) in [5.74, 6) is 0. The summed E-state index contributed by atoms with van der Waals surface area (Å²) in [6, 6.07) is 15.6. The molecule has 1 atom stereocenters. The summed E-state index contributed by atoms with van der Waals surface area (Å²) in [5, 5.41) is 11.3. The molecule has 3 nitrogen and oxygen atoms in total. The highest BCUT2D eigenvalue weighted by atomic mass is 16.3. The molecular weight excluding hydrogens is 224 g/mol. The van der Waals surface area contributed by atoms with Crippen molar-refractivity contribution in [2.45, 2.75) is 11.1 Å². The summed E-state index contributed by atoms with van der Waals surface area (Å²) in [7, 11) is 0. The van der Waals surface area contributed by atoms with Crippen LogP contribution in [0.3, 0.4) is 0 Å². The first-order chi connectivity index (χ1) is 8.77.